The molecule has 4 heteroatoms. The van der Waals surface area contributed by atoms with Crippen LogP contribution >= 0.6 is 11.8 Å². The predicted molar refractivity (Wildman–Crippen MR) is 91.2 cm³/mol. The molecule has 0 bridgehead atoms. The zero-order valence-electron chi connectivity index (χ0n) is 12.5. The van der Waals surface area contributed by atoms with Crippen molar-refractivity contribution in [3.63, 3.8) is 0 Å². The fourth-order valence-electron chi connectivity index (χ4n) is 3.16. The maximum absolute atomic E-state index is 12.1. The van der Waals surface area contributed by atoms with Gasteiger partial charge >= 0.3 is 0 Å². The van der Waals surface area contributed by atoms with Crippen LogP contribution in [0.15, 0.2) is 24.3 Å². The van der Waals surface area contributed by atoms with Crippen LogP contribution in [0.5, 0.6) is 0 Å². The molecular weight excluding hydrogens is 280 g/mol. The smallest absolute Gasteiger partial charge is 0.224 e. The lowest BCUT2D eigenvalue weighted by molar-refractivity contribution is -0.117. The molecule has 0 atom stereocenters. The van der Waals surface area contributed by atoms with Crippen molar-refractivity contribution >= 4 is 29.0 Å². The van der Waals surface area contributed by atoms with E-state index in [0.29, 0.717) is 12.3 Å². The highest BCUT2D eigenvalue weighted by Crippen LogP contribution is 2.26. The summed E-state index contributed by atoms with van der Waals surface area (Å²) in [6, 6.07) is 8.31. The van der Waals surface area contributed by atoms with Gasteiger partial charge in [-0.1, -0.05) is 0 Å². The molecule has 2 aliphatic heterocycles. The Kier molecular flexibility index (Phi) is 5.07. The fraction of sp³-hybridized carbons (Fsp3) is 0.588. The van der Waals surface area contributed by atoms with Crippen LogP contribution in [-0.4, -0.2) is 30.5 Å². The first-order valence-corrected chi connectivity index (χ1v) is 9.19. The van der Waals surface area contributed by atoms with Gasteiger partial charge in [0.1, 0.15) is 0 Å². The summed E-state index contributed by atoms with van der Waals surface area (Å²) < 4.78 is 0. The van der Waals surface area contributed by atoms with Crippen LogP contribution in [0, 0.1) is 5.92 Å². The average Bonchev–Trinajstić information content (AvgIpc) is 3.03. The molecular formula is C17H24N2OS. The van der Waals surface area contributed by atoms with Crippen molar-refractivity contribution in [2.45, 2.75) is 32.1 Å². The van der Waals surface area contributed by atoms with E-state index < -0.39 is 0 Å². The summed E-state index contributed by atoms with van der Waals surface area (Å²) in [5.74, 6) is 3.17. The molecule has 21 heavy (non-hydrogen) atoms. The first kappa shape index (κ1) is 14.8. The number of carbonyl (C=O) groups excluding carboxylic acids is 1. The highest BCUT2D eigenvalue weighted by atomic mass is 32.2. The third-order valence-electron chi connectivity index (χ3n) is 4.44. The molecule has 0 aliphatic carbocycles. The monoisotopic (exact) mass is 304 g/mol. The van der Waals surface area contributed by atoms with Gasteiger partial charge in [-0.15, -0.1) is 0 Å². The second kappa shape index (κ2) is 7.21. The lowest BCUT2D eigenvalue weighted by atomic mass is 9.98. The predicted octanol–water partition coefficient (Wildman–Crippen LogP) is 3.76. The SMILES string of the molecule is O=C(CC1CCSCC1)Nc1ccc(N2CCCC2)cc1. The van der Waals surface area contributed by atoms with Crippen LogP contribution in [-0.2, 0) is 4.79 Å². The second-order valence-electron chi connectivity index (χ2n) is 6.05. The van der Waals surface area contributed by atoms with Gasteiger partial charge in [-0.05, 0) is 67.4 Å². The van der Waals surface area contributed by atoms with Crippen LogP contribution < -0.4 is 10.2 Å². The standard InChI is InChI=1S/C17H24N2OS/c20-17(13-14-7-11-21-12-8-14)18-15-3-5-16(6-4-15)19-9-1-2-10-19/h3-6,14H,1-2,7-13H2,(H,18,20). The Hall–Kier alpha value is -1.16. The molecule has 0 radical (unpaired) electrons. The first-order chi connectivity index (χ1) is 10.3. The number of rotatable bonds is 4. The number of carbonyl (C=O) groups is 1. The summed E-state index contributed by atoms with van der Waals surface area (Å²) in [6.45, 7) is 2.32. The van der Waals surface area contributed by atoms with E-state index in [1.165, 1.54) is 42.9 Å². The summed E-state index contributed by atoms with van der Waals surface area (Å²) in [4.78, 5) is 14.5. The van der Waals surface area contributed by atoms with Crippen molar-refractivity contribution in [2.24, 2.45) is 5.92 Å². The van der Waals surface area contributed by atoms with Gasteiger partial charge in [0.15, 0.2) is 0 Å². The van der Waals surface area contributed by atoms with E-state index in [2.05, 4.69) is 22.3 Å². The van der Waals surface area contributed by atoms with Gasteiger partial charge in [0, 0.05) is 30.9 Å². The third-order valence-corrected chi connectivity index (χ3v) is 5.49. The van der Waals surface area contributed by atoms with Crippen LogP contribution in [0.2, 0.25) is 0 Å². The number of nitrogens with zero attached hydrogens (tertiary/aromatic N) is 1. The summed E-state index contributed by atoms with van der Waals surface area (Å²) >= 11 is 2.01. The molecule has 2 fully saturated rings. The van der Waals surface area contributed by atoms with Crippen LogP contribution in [0.25, 0.3) is 0 Å². The minimum Gasteiger partial charge on any atom is -0.372 e. The zero-order chi connectivity index (χ0) is 14.5. The molecule has 1 aromatic rings. The summed E-state index contributed by atoms with van der Waals surface area (Å²) in [5.41, 5.74) is 2.20. The molecule has 0 saturated carbocycles. The third kappa shape index (κ3) is 4.16. The maximum atomic E-state index is 12.1. The largest absolute Gasteiger partial charge is 0.372 e. The Balaban J connectivity index is 1.50. The van der Waals surface area contributed by atoms with Crippen LogP contribution in [0.1, 0.15) is 32.1 Å². The zero-order valence-corrected chi connectivity index (χ0v) is 13.3. The first-order valence-electron chi connectivity index (χ1n) is 8.04. The second-order valence-corrected chi connectivity index (χ2v) is 7.27. The Labute approximate surface area is 131 Å². The lowest BCUT2D eigenvalue weighted by Crippen LogP contribution is -2.20. The molecule has 0 unspecified atom stereocenters. The van der Waals surface area contributed by atoms with Gasteiger partial charge in [0.25, 0.3) is 0 Å². The van der Waals surface area contributed by atoms with E-state index in [0.717, 1.165) is 18.8 Å². The van der Waals surface area contributed by atoms with Gasteiger partial charge < -0.3 is 10.2 Å². The molecule has 0 aromatic heterocycles. The highest BCUT2D eigenvalue weighted by molar-refractivity contribution is 7.99. The lowest BCUT2D eigenvalue weighted by Gasteiger charge is -2.21. The van der Waals surface area contributed by atoms with Crippen molar-refractivity contribution in [1.29, 1.82) is 0 Å². The van der Waals surface area contributed by atoms with Crippen molar-refractivity contribution < 1.29 is 4.79 Å². The summed E-state index contributed by atoms with van der Waals surface area (Å²) in [5, 5.41) is 3.04. The van der Waals surface area contributed by atoms with E-state index in [4.69, 9.17) is 0 Å². The van der Waals surface area contributed by atoms with E-state index in [1.54, 1.807) is 0 Å². The topological polar surface area (TPSA) is 32.3 Å². The molecule has 2 saturated heterocycles. The Bertz CT molecular complexity index is 462. The Morgan fingerprint density at radius 2 is 1.81 bits per heavy atom. The van der Waals surface area contributed by atoms with Gasteiger partial charge in [0.05, 0.1) is 0 Å². The molecule has 1 amide bonds. The highest BCUT2D eigenvalue weighted by Gasteiger charge is 2.17. The molecule has 0 spiro atoms. The number of anilines is 2. The average molecular weight is 304 g/mol. The van der Waals surface area contributed by atoms with Gasteiger partial charge in [-0.2, -0.15) is 11.8 Å². The van der Waals surface area contributed by atoms with Crippen molar-refractivity contribution in [3.8, 4) is 0 Å². The van der Waals surface area contributed by atoms with Crippen molar-refractivity contribution in [2.75, 3.05) is 34.8 Å². The molecule has 2 heterocycles. The molecule has 2 aliphatic rings. The van der Waals surface area contributed by atoms with E-state index >= 15 is 0 Å². The van der Waals surface area contributed by atoms with Gasteiger partial charge in [0.2, 0.25) is 5.91 Å². The van der Waals surface area contributed by atoms with Crippen LogP contribution in [0.3, 0.4) is 0 Å². The summed E-state index contributed by atoms with van der Waals surface area (Å²) in [7, 11) is 0. The maximum Gasteiger partial charge on any atom is 0.224 e. The molecule has 3 nitrogen and oxygen atoms in total. The Morgan fingerprint density at radius 3 is 2.48 bits per heavy atom. The molecule has 114 valence electrons. The number of hydrogen-bond donors (Lipinski definition) is 1. The van der Waals surface area contributed by atoms with Crippen molar-refractivity contribution in [3.05, 3.63) is 24.3 Å². The molecule has 3 rings (SSSR count). The van der Waals surface area contributed by atoms with E-state index in [1.807, 2.05) is 23.9 Å². The molecule has 1 N–H and O–H groups in total. The normalized spacial score (nSPS) is 19.7. The van der Waals surface area contributed by atoms with E-state index in [9.17, 15) is 4.79 Å². The van der Waals surface area contributed by atoms with Crippen LogP contribution in [0.4, 0.5) is 11.4 Å². The van der Waals surface area contributed by atoms with Crippen molar-refractivity contribution in [1.82, 2.24) is 0 Å². The number of benzene rings is 1. The molecule has 1 aromatic carbocycles. The minimum absolute atomic E-state index is 0.167. The Morgan fingerprint density at radius 1 is 1.14 bits per heavy atom. The van der Waals surface area contributed by atoms with E-state index in [-0.39, 0.29) is 5.91 Å². The number of hydrogen-bond acceptors (Lipinski definition) is 3. The number of thioether (sulfide) groups is 1. The quantitative estimate of drug-likeness (QED) is 0.919. The fourth-order valence-corrected chi connectivity index (χ4v) is 4.36. The van der Waals surface area contributed by atoms with Gasteiger partial charge in [-0.3, -0.25) is 4.79 Å². The number of amides is 1. The number of nitrogens with one attached hydrogen (secondary N) is 1. The minimum atomic E-state index is 0.167. The van der Waals surface area contributed by atoms with Gasteiger partial charge in [-0.25, -0.2) is 0 Å². The summed E-state index contributed by atoms with van der Waals surface area (Å²) in [6.07, 6.45) is 5.63.